The van der Waals surface area contributed by atoms with Crippen molar-refractivity contribution in [2.75, 3.05) is 54.6 Å². The average Bonchev–Trinajstić information content (AvgIpc) is 3.19. The molecule has 19 atom stereocenters. The van der Waals surface area contributed by atoms with Gasteiger partial charge in [0.05, 0.1) is 49.6 Å². The standard InChI is InChI=1S/C46H80N2O13/c1-13-36-33(24-57-46-44(56-12)43(55-11)40(53)31(8)59-46)19-25(2)14-15-34(49)28(5)20-32(16-17-48-22-26(3)18-27(4)23-48)42(29(6)35(50)21-37(51)60-36)61-45-41(54)38(47(9)10)39(52)30(7)58-45/h14-15,19,26-33,35-36,38-46,50,52-54H,13,16-18,20-24H2,1-12H3/b15-14-,25-19-/t26-,27+,28-,29-,30+,31+,32+,33+,35-,36-,38-,39-,40-,41-,42-,43-,44-,45-,46+/m0/s1. The Morgan fingerprint density at radius 3 is 2.05 bits per heavy atom. The molecule has 3 fully saturated rings. The van der Waals surface area contributed by atoms with Crippen LogP contribution in [0.15, 0.2) is 23.8 Å². The van der Waals surface area contributed by atoms with Crippen molar-refractivity contribution in [2.24, 2.45) is 35.5 Å². The number of aliphatic hydroxyl groups excluding tert-OH is 4. The van der Waals surface area contributed by atoms with Crippen molar-refractivity contribution < 1.29 is 63.2 Å². The molecule has 61 heavy (non-hydrogen) atoms. The smallest absolute Gasteiger partial charge is 0.308 e. The third kappa shape index (κ3) is 13.8. The van der Waals surface area contributed by atoms with E-state index in [1.165, 1.54) is 20.6 Å². The van der Waals surface area contributed by atoms with Crippen molar-refractivity contribution in [3.63, 3.8) is 0 Å². The van der Waals surface area contributed by atoms with E-state index in [1.54, 1.807) is 45.0 Å². The van der Waals surface area contributed by atoms with Crippen LogP contribution in [0.1, 0.15) is 87.5 Å². The maximum atomic E-state index is 14.0. The number of aliphatic hydroxyl groups is 4. The van der Waals surface area contributed by atoms with E-state index in [4.69, 9.17) is 33.2 Å². The molecule has 4 aliphatic rings. The number of hydrogen-bond donors (Lipinski definition) is 4. The zero-order chi connectivity index (χ0) is 45.3. The molecule has 0 aromatic carbocycles. The molecule has 0 bridgehead atoms. The molecule has 4 aliphatic heterocycles. The lowest BCUT2D eigenvalue weighted by atomic mass is 9.79. The number of piperidine rings is 1. The first-order chi connectivity index (χ1) is 28.8. The maximum Gasteiger partial charge on any atom is 0.308 e. The summed E-state index contributed by atoms with van der Waals surface area (Å²) in [6.07, 6.45) is -2.96. The Hall–Kier alpha value is -1.86. The van der Waals surface area contributed by atoms with E-state index < -0.39 is 103 Å². The third-order valence-corrected chi connectivity index (χ3v) is 13.5. The Bertz CT molecular complexity index is 1420. The van der Waals surface area contributed by atoms with E-state index in [9.17, 15) is 30.0 Å². The predicted molar refractivity (Wildman–Crippen MR) is 229 cm³/mol. The zero-order valence-electron chi connectivity index (χ0n) is 38.9. The van der Waals surface area contributed by atoms with E-state index in [2.05, 4.69) is 18.7 Å². The van der Waals surface area contributed by atoms with Crippen LogP contribution in [0.3, 0.4) is 0 Å². The van der Waals surface area contributed by atoms with Crippen molar-refractivity contribution in [1.29, 1.82) is 0 Å². The van der Waals surface area contributed by atoms with Crippen LogP contribution in [-0.2, 0) is 42.7 Å². The number of esters is 1. The Balaban J connectivity index is 1.68. The van der Waals surface area contributed by atoms with Crippen LogP contribution < -0.4 is 0 Å². The molecule has 0 amide bonds. The van der Waals surface area contributed by atoms with Gasteiger partial charge in [-0.3, -0.25) is 9.59 Å². The summed E-state index contributed by atoms with van der Waals surface area (Å²) in [6.45, 7) is 18.2. The molecule has 0 aromatic heterocycles. The molecule has 15 heteroatoms. The number of nitrogens with zero attached hydrogens (tertiary/aromatic N) is 2. The van der Waals surface area contributed by atoms with E-state index >= 15 is 0 Å². The summed E-state index contributed by atoms with van der Waals surface area (Å²) < 4.78 is 42.6. The minimum absolute atomic E-state index is 0.0427. The number of hydrogen-bond acceptors (Lipinski definition) is 15. The van der Waals surface area contributed by atoms with E-state index in [0.717, 1.165) is 25.2 Å². The molecule has 0 unspecified atom stereocenters. The highest BCUT2D eigenvalue weighted by Gasteiger charge is 2.48. The lowest BCUT2D eigenvalue weighted by molar-refractivity contribution is -0.304. The highest BCUT2D eigenvalue weighted by Crippen LogP contribution is 2.36. The quantitative estimate of drug-likeness (QED) is 0.209. The Morgan fingerprint density at radius 1 is 0.820 bits per heavy atom. The molecule has 4 heterocycles. The molecule has 3 saturated heterocycles. The fourth-order valence-electron chi connectivity index (χ4n) is 10.0. The average molecular weight is 869 g/mol. The summed E-state index contributed by atoms with van der Waals surface area (Å²) in [5.41, 5.74) is 0.761. The second-order valence-electron chi connectivity index (χ2n) is 18.9. The van der Waals surface area contributed by atoms with Gasteiger partial charge in [0, 0.05) is 45.1 Å². The number of allylic oxidation sites excluding steroid dienone is 3. The van der Waals surface area contributed by atoms with Gasteiger partial charge in [0.25, 0.3) is 0 Å². The van der Waals surface area contributed by atoms with Gasteiger partial charge in [-0.25, -0.2) is 0 Å². The largest absolute Gasteiger partial charge is 0.462 e. The Labute approximate surface area is 365 Å². The van der Waals surface area contributed by atoms with Crippen molar-refractivity contribution in [3.05, 3.63) is 23.8 Å². The minimum atomic E-state index is -1.23. The first-order valence-electron chi connectivity index (χ1n) is 22.6. The normalized spacial score (nSPS) is 44.3. The molecule has 4 rings (SSSR count). The molecule has 0 spiro atoms. The predicted octanol–water partition coefficient (Wildman–Crippen LogP) is 3.34. The summed E-state index contributed by atoms with van der Waals surface area (Å²) in [5.74, 6) is -1.46. The van der Waals surface area contributed by atoms with Gasteiger partial charge < -0.3 is 63.4 Å². The fraction of sp³-hybridized carbons (Fsp3) is 0.870. The summed E-state index contributed by atoms with van der Waals surface area (Å²) in [7, 11) is 6.54. The first-order valence-corrected chi connectivity index (χ1v) is 22.6. The molecule has 15 nitrogen and oxygen atoms in total. The molecule has 0 saturated carbocycles. The van der Waals surface area contributed by atoms with Crippen LogP contribution >= 0.6 is 0 Å². The van der Waals surface area contributed by atoms with Crippen LogP contribution in [-0.4, -0.2) is 176 Å². The second-order valence-corrected chi connectivity index (χ2v) is 18.9. The zero-order valence-corrected chi connectivity index (χ0v) is 38.9. The van der Waals surface area contributed by atoms with Gasteiger partial charge in [-0.2, -0.15) is 0 Å². The van der Waals surface area contributed by atoms with Crippen LogP contribution in [0.2, 0.25) is 0 Å². The number of rotatable bonds is 12. The SMILES string of the molecule is CC[C@@H]1OC(=O)C[C@H](O)[C@H](C)[C@H](O[C@@H]2O[C@H](C)[C@H](O)[C@H](N(C)C)[C@@H]2O)[C@H](CCN2C[C@H](C)C[C@H](C)C2)C[C@H](C)C(=O)/C=C\C(C)=C/[C@@H]1CO[C@@H]1O[C@H](C)[C@H](O)[C@H](OC)[C@@H]1OC. The van der Waals surface area contributed by atoms with Crippen molar-refractivity contribution in [3.8, 4) is 0 Å². The lowest BCUT2D eigenvalue weighted by Gasteiger charge is -2.47. The number of ketones is 1. The molecular formula is C46H80N2O13. The maximum absolute atomic E-state index is 14.0. The number of likely N-dealkylation sites (tertiary alicyclic amines) is 1. The van der Waals surface area contributed by atoms with Gasteiger partial charge in [0.15, 0.2) is 18.4 Å². The van der Waals surface area contributed by atoms with Crippen molar-refractivity contribution in [2.45, 2.75) is 167 Å². The third-order valence-electron chi connectivity index (χ3n) is 13.5. The minimum Gasteiger partial charge on any atom is -0.462 e. The number of cyclic esters (lactones) is 1. The highest BCUT2D eigenvalue weighted by molar-refractivity contribution is 5.91. The van der Waals surface area contributed by atoms with Crippen molar-refractivity contribution >= 4 is 11.8 Å². The number of likely N-dealkylation sites (N-methyl/N-ethyl adjacent to an activating group) is 1. The van der Waals surface area contributed by atoms with Crippen molar-refractivity contribution in [1.82, 2.24) is 9.80 Å². The van der Waals surface area contributed by atoms with Gasteiger partial charge in [-0.1, -0.05) is 52.3 Å². The van der Waals surface area contributed by atoms with Crippen LogP contribution in [0.25, 0.3) is 0 Å². The van der Waals surface area contributed by atoms with E-state index in [1.807, 2.05) is 33.8 Å². The topological polar surface area (TPSA) is 186 Å². The molecule has 352 valence electrons. The van der Waals surface area contributed by atoms with Crippen LogP contribution in [0.5, 0.6) is 0 Å². The van der Waals surface area contributed by atoms with Gasteiger partial charge >= 0.3 is 5.97 Å². The van der Waals surface area contributed by atoms with Crippen LogP contribution in [0.4, 0.5) is 0 Å². The number of methoxy groups -OCH3 is 2. The van der Waals surface area contributed by atoms with Gasteiger partial charge in [0.2, 0.25) is 0 Å². The van der Waals surface area contributed by atoms with Crippen LogP contribution in [0, 0.1) is 35.5 Å². The summed E-state index contributed by atoms with van der Waals surface area (Å²) >= 11 is 0. The second kappa shape index (κ2) is 23.9. The van der Waals surface area contributed by atoms with Gasteiger partial charge in [0.1, 0.15) is 30.5 Å². The van der Waals surface area contributed by atoms with Gasteiger partial charge in [-0.15, -0.1) is 0 Å². The number of carbonyl (C=O) groups is 2. The molecule has 0 radical (unpaired) electrons. The lowest BCUT2D eigenvalue weighted by Crippen LogP contribution is -2.63. The first kappa shape index (κ1) is 51.8. The molecule has 0 aromatic rings. The Morgan fingerprint density at radius 2 is 1.44 bits per heavy atom. The highest BCUT2D eigenvalue weighted by atomic mass is 16.7. The summed E-state index contributed by atoms with van der Waals surface area (Å²) in [4.78, 5) is 32.1. The Kier molecular flexibility index (Phi) is 20.3. The van der Waals surface area contributed by atoms with E-state index in [0.29, 0.717) is 31.1 Å². The molecule has 4 N–H and O–H groups in total. The summed E-state index contributed by atoms with van der Waals surface area (Å²) in [5, 5.41) is 45.3. The van der Waals surface area contributed by atoms with E-state index in [-0.39, 0.29) is 24.7 Å². The number of carbonyl (C=O) groups excluding carboxylic acids is 2. The molecule has 0 aliphatic carbocycles. The monoisotopic (exact) mass is 869 g/mol. The fourth-order valence-corrected chi connectivity index (χ4v) is 10.0. The number of ether oxygens (including phenoxy) is 7. The summed E-state index contributed by atoms with van der Waals surface area (Å²) in [6, 6.07) is -0.684. The molecular weight excluding hydrogens is 789 g/mol. The van der Waals surface area contributed by atoms with Gasteiger partial charge in [-0.05, 0) is 90.9 Å².